The number of nitrogens with zero attached hydrogens (tertiary/aromatic N) is 2. The Morgan fingerprint density at radius 3 is 2.84 bits per heavy atom. The van der Waals surface area contributed by atoms with Crippen LogP contribution in [0.4, 0.5) is 5.13 Å². The molecule has 6 heteroatoms. The number of halogens is 2. The van der Waals surface area contributed by atoms with Crippen LogP contribution in [0.15, 0.2) is 18.2 Å². The van der Waals surface area contributed by atoms with Gasteiger partial charge in [-0.15, -0.1) is 0 Å². The summed E-state index contributed by atoms with van der Waals surface area (Å²) in [5, 5.41) is 5.43. The highest BCUT2D eigenvalue weighted by Crippen LogP contribution is 2.28. The van der Waals surface area contributed by atoms with Gasteiger partial charge < -0.3 is 5.32 Å². The van der Waals surface area contributed by atoms with Crippen LogP contribution in [-0.4, -0.2) is 9.36 Å². The molecule has 1 aromatic carbocycles. The Balaban J connectivity index is 2.09. The van der Waals surface area contributed by atoms with Crippen LogP contribution in [0.2, 0.25) is 10.0 Å². The average molecular weight is 316 g/mol. The van der Waals surface area contributed by atoms with Crippen molar-refractivity contribution in [1.82, 2.24) is 9.36 Å². The van der Waals surface area contributed by atoms with Gasteiger partial charge >= 0.3 is 0 Å². The molecule has 0 saturated heterocycles. The third-order valence-corrected chi connectivity index (χ3v) is 3.96. The first-order valence-corrected chi connectivity index (χ1v) is 7.67. The first-order chi connectivity index (χ1) is 9.10. The predicted molar refractivity (Wildman–Crippen MR) is 82.4 cm³/mol. The fourth-order valence-electron chi connectivity index (χ4n) is 1.75. The van der Waals surface area contributed by atoms with E-state index < -0.39 is 0 Å². The Morgan fingerprint density at radius 2 is 2.16 bits per heavy atom. The molecule has 0 aliphatic rings. The van der Waals surface area contributed by atoms with Crippen LogP contribution < -0.4 is 5.32 Å². The van der Waals surface area contributed by atoms with Crippen LogP contribution in [0.25, 0.3) is 0 Å². The molecule has 1 N–H and O–H groups in total. The topological polar surface area (TPSA) is 37.8 Å². The van der Waals surface area contributed by atoms with Crippen molar-refractivity contribution in [3.63, 3.8) is 0 Å². The van der Waals surface area contributed by atoms with Crippen molar-refractivity contribution >= 4 is 39.9 Å². The van der Waals surface area contributed by atoms with Gasteiger partial charge in [0.1, 0.15) is 5.82 Å². The fourth-order valence-corrected chi connectivity index (χ4v) is 3.03. The van der Waals surface area contributed by atoms with Gasteiger partial charge in [-0.1, -0.05) is 36.2 Å². The summed E-state index contributed by atoms with van der Waals surface area (Å²) in [6.45, 7) is 4.15. The second kappa shape index (κ2) is 6.55. The van der Waals surface area contributed by atoms with E-state index in [1.807, 2.05) is 19.1 Å². The third kappa shape index (κ3) is 3.81. The molecular formula is C13H15Cl2N3S. The van der Waals surface area contributed by atoms with E-state index in [9.17, 15) is 0 Å². The minimum Gasteiger partial charge on any atom is -0.354 e. The van der Waals surface area contributed by atoms with E-state index >= 15 is 0 Å². The number of nitrogens with one attached hydrogen (secondary N) is 1. The average Bonchev–Trinajstić information content (AvgIpc) is 2.76. The number of benzene rings is 1. The monoisotopic (exact) mass is 315 g/mol. The van der Waals surface area contributed by atoms with Gasteiger partial charge in [0, 0.05) is 28.0 Å². The Kier molecular flexibility index (Phi) is 5.02. The molecule has 0 aliphatic carbocycles. The van der Waals surface area contributed by atoms with E-state index in [-0.39, 0.29) is 6.04 Å². The maximum Gasteiger partial charge on any atom is 0.203 e. The van der Waals surface area contributed by atoms with Crippen LogP contribution in [-0.2, 0) is 6.42 Å². The van der Waals surface area contributed by atoms with Gasteiger partial charge in [0.15, 0.2) is 0 Å². The van der Waals surface area contributed by atoms with Crippen LogP contribution in [0.5, 0.6) is 0 Å². The van der Waals surface area contributed by atoms with Crippen molar-refractivity contribution in [3.05, 3.63) is 39.6 Å². The van der Waals surface area contributed by atoms with Gasteiger partial charge in [0.2, 0.25) is 5.13 Å². The van der Waals surface area contributed by atoms with Gasteiger partial charge in [-0.3, -0.25) is 0 Å². The Bertz CT molecular complexity index is 557. The summed E-state index contributed by atoms with van der Waals surface area (Å²) in [4.78, 5) is 4.44. The highest BCUT2D eigenvalue weighted by atomic mass is 35.5. The summed E-state index contributed by atoms with van der Waals surface area (Å²) in [6.07, 6.45) is 1.96. The van der Waals surface area contributed by atoms with E-state index in [0.717, 1.165) is 29.4 Å². The SMILES string of the molecule is CCCc1nsc(NC(C)c2ccc(Cl)cc2Cl)n1. The molecule has 19 heavy (non-hydrogen) atoms. The highest BCUT2D eigenvalue weighted by Gasteiger charge is 2.12. The minimum atomic E-state index is 0.0622. The van der Waals surface area contributed by atoms with Crippen molar-refractivity contribution < 1.29 is 0 Å². The van der Waals surface area contributed by atoms with Gasteiger partial charge in [0.05, 0.1) is 6.04 Å². The summed E-state index contributed by atoms with van der Waals surface area (Å²) in [7, 11) is 0. The van der Waals surface area contributed by atoms with Gasteiger partial charge in [-0.2, -0.15) is 4.37 Å². The molecule has 1 heterocycles. The summed E-state index contributed by atoms with van der Waals surface area (Å²) in [5.74, 6) is 0.893. The van der Waals surface area contributed by atoms with E-state index in [0.29, 0.717) is 10.0 Å². The van der Waals surface area contributed by atoms with Gasteiger partial charge in [-0.25, -0.2) is 4.98 Å². The van der Waals surface area contributed by atoms with Crippen LogP contribution in [0.3, 0.4) is 0 Å². The number of rotatable bonds is 5. The molecule has 0 radical (unpaired) electrons. The zero-order valence-electron chi connectivity index (χ0n) is 10.8. The molecule has 0 spiro atoms. The van der Waals surface area contributed by atoms with Crippen molar-refractivity contribution in [1.29, 1.82) is 0 Å². The van der Waals surface area contributed by atoms with Crippen molar-refractivity contribution in [3.8, 4) is 0 Å². The third-order valence-electron chi connectivity index (χ3n) is 2.71. The molecular weight excluding hydrogens is 301 g/mol. The summed E-state index contributed by atoms with van der Waals surface area (Å²) in [5.41, 5.74) is 0.998. The van der Waals surface area contributed by atoms with Gasteiger partial charge in [0.25, 0.3) is 0 Å². The quantitative estimate of drug-likeness (QED) is 0.846. The Morgan fingerprint density at radius 1 is 1.37 bits per heavy atom. The standard InChI is InChI=1S/C13H15Cl2N3S/c1-3-4-12-17-13(19-18-12)16-8(2)10-6-5-9(14)7-11(10)15/h5-8H,3-4H2,1-2H3,(H,16,17,18). The van der Waals surface area contributed by atoms with Crippen LogP contribution >= 0.6 is 34.7 Å². The maximum absolute atomic E-state index is 6.19. The number of hydrogen-bond acceptors (Lipinski definition) is 4. The first-order valence-electron chi connectivity index (χ1n) is 6.14. The molecule has 2 rings (SSSR count). The lowest BCUT2D eigenvalue weighted by molar-refractivity contribution is 0.848. The normalized spacial score (nSPS) is 12.4. The summed E-state index contributed by atoms with van der Waals surface area (Å²) < 4.78 is 4.30. The van der Waals surface area contributed by atoms with Crippen LogP contribution in [0.1, 0.15) is 37.7 Å². The van der Waals surface area contributed by atoms with E-state index in [2.05, 4.69) is 21.6 Å². The molecule has 1 atom stereocenters. The molecule has 1 unspecified atom stereocenters. The largest absolute Gasteiger partial charge is 0.354 e. The maximum atomic E-state index is 6.19. The molecule has 0 fully saturated rings. The Labute approximate surface area is 127 Å². The second-order valence-corrected chi connectivity index (χ2v) is 5.89. The molecule has 0 bridgehead atoms. The van der Waals surface area contributed by atoms with E-state index in [1.54, 1.807) is 6.07 Å². The predicted octanol–water partition coefficient (Wildman–Crippen LogP) is 4.97. The minimum absolute atomic E-state index is 0.0622. The summed E-state index contributed by atoms with van der Waals surface area (Å²) >= 11 is 13.5. The molecule has 102 valence electrons. The number of anilines is 1. The molecule has 0 aliphatic heterocycles. The van der Waals surface area contributed by atoms with E-state index in [4.69, 9.17) is 23.2 Å². The smallest absolute Gasteiger partial charge is 0.203 e. The number of hydrogen-bond donors (Lipinski definition) is 1. The molecule has 0 saturated carbocycles. The van der Waals surface area contributed by atoms with Gasteiger partial charge in [-0.05, 0) is 31.0 Å². The summed E-state index contributed by atoms with van der Waals surface area (Å²) in [6, 6.07) is 5.58. The Hall–Kier alpha value is -0.840. The zero-order chi connectivity index (χ0) is 13.8. The number of aryl methyl sites for hydroxylation is 1. The highest BCUT2D eigenvalue weighted by molar-refractivity contribution is 7.09. The molecule has 2 aromatic rings. The molecule has 1 aromatic heterocycles. The molecule has 3 nitrogen and oxygen atoms in total. The first kappa shape index (κ1) is 14.6. The number of aromatic nitrogens is 2. The zero-order valence-corrected chi connectivity index (χ0v) is 13.1. The van der Waals surface area contributed by atoms with Crippen molar-refractivity contribution in [2.75, 3.05) is 5.32 Å². The van der Waals surface area contributed by atoms with Crippen molar-refractivity contribution in [2.24, 2.45) is 0 Å². The lowest BCUT2D eigenvalue weighted by Gasteiger charge is -2.14. The van der Waals surface area contributed by atoms with Crippen LogP contribution in [0, 0.1) is 0 Å². The molecule has 0 amide bonds. The van der Waals surface area contributed by atoms with E-state index in [1.165, 1.54) is 11.5 Å². The van der Waals surface area contributed by atoms with Crippen molar-refractivity contribution in [2.45, 2.75) is 32.7 Å². The lowest BCUT2D eigenvalue weighted by Crippen LogP contribution is -2.07. The second-order valence-electron chi connectivity index (χ2n) is 4.30. The fraction of sp³-hybridized carbons (Fsp3) is 0.385. The lowest BCUT2D eigenvalue weighted by atomic mass is 10.1.